The zero-order chi connectivity index (χ0) is 15.4. The summed E-state index contributed by atoms with van der Waals surface area (Å²) in [4.78, 5) is 2.35. The lowest BCUT2D eigenvalue weighted by Crippen LogP contribution is -2.44. The summed E-state index contributed by atoms with van der Waals surface area (Å²) in [5.41, 5.74) is 4.12. The number of hydrogen-bond acceptors (Lipinski definition) is 3. The van der Waals surface area contributed by atoms with E-state index in [1.165, 1.54) is 16.7 Å². The Morgan fingerprint density at radius 1 is 1.33 bits per heavy atom. The number of likely N-dealkylation sites (N-methyl/N-ethyl adjacent to an activating group) is 1. The van der Waals surface area contributed by atoms with Gasteiger partial charge in [-0.1, -0.05) is 36.4 Å². The first-order valence-corrected chi connectivity index (χ1v) is 7.57. The Balaban J connectivity index is 2.22. The van der Waals surface area contributed by atoms with Gasteiger partial charge in [-0.15, -0.1) is 0 Å². The Morgan fingerprint density at radius 2 is 2.00 bits per heavy atom. The average molecular weight is 289 g/mol. The Hall–Kier alpha value is -1.16. The number of rotatable bonds is 6. The molecule has 0 saturated carbocycles. The molecule has 0 aromatic heterocycles. The normalized spacial score (nSPS) is 21.6. The van der Waals surface area contributed by atoms with E-state index in [0.717, 1.165) is 19.4 Å². The molecule has 1 aliphatic carbocycles. The van der Waals surface area contributed by atoms with E-state index < -0.39 is 0 Å². The Labute approximate surface area is 128 Å². The van der Waals surface area contributed by atoms with E-state index >= 15 is 0 Å². The molecule has 0 amide bonds. The maximum Gasteiger partial charge on any atom is 0.169 e. The largest absolute Gasteiger partial charge is 0.355 e. The highest BCUT2D eigenvalue weighted by Gasteiger charge is 2.33. The van der Waals surface area contributed by atoms with E-state index in [1.54, 1.807) is 14.2 Å². The van der Waals surface area contributed by atoms with Crippen molar-refractivity contribution >= 4 is 0 Å². The highest BCUT2D eigenvalue weighted by Crippen LogP contribution is 2.38. The van der Waals surface area contributed by atoms with Crippen molar-refractivity contribution < 1.29 is 9.47 Å². The number of nitrogens with zero attached hydrogens (tertiary/aromatic N) is 1. The van der Waals surface area contributed by atoms with Gasteiger partial charge < -0.3 is 9.47 Å². The summed E-state index contributed by atoms with van der Waals surface area (Å²) in [7, 11) is 5.53. The first kappa shape index (κ1) is 16.2. The molecular weight excluding hydrogens is 262 g/mol. The molecule has 3 nitrogen and oxygen atoms in total. The summed E-state index contributed by atoms with van der Waals surface area (Å²) in [5, 5.41) is 0. The molecule has 1 aromatic rings. The van der Waals surface area contributed by atoms with Gasteiger partial charge in [0.25, 0.3) is 0 Å². The highest BCUT2D eigenvalue weighted by molar-refractivity contribution is 5.39. The molecule has 0 bridgehead atoms. The standard InChI is InChI=1S/C18H27NO2/c1-13(2)18-15-9-7-6-8-14(15)10-11-16(18)19(3)12-17(20-4)21-5/h6-9,16-18H,1,10-12H2,2-5H3/t16-,18-/m0/s1. The van der Waals surface area contributed by atoms with Gasteiger partial charge in [-0.05, 0) is 37.9 Å². The van der Waals surface area contributed by atoms with Gasteiger partial charge in [0, 0.05) is 32.7 Å². The van der Waals surface area contributed by atoms with E-state index in [9.17, 15) is 0 Å². The lowest BCUT2D eigenvalue weighted by Gasteiger charge is -2.40. The number of benzene rings is 1. The SMILES string of the molecule is C=C(C)[C@H]1c2ccccc2CC[C@@H]1N(C)CC(OC)OC. The molecule has 2 rings (SSSR count). The predicted molar refractivity (Wildman–Crippen MR) is 86.5 cm³/mol. The highest BCUT2D eigenvalue weighted by atomic mass is 16.7. The molecule has 2 atom stereocenters. The van der Waals surface area contributed by atoms with Crippen LogP contribution in [0.4, 0.5) is 0 Å². The molecule has 0 heterocycles. The number of aryl methyl sites for hydroxylation is 1. The van der Waals surface area contributed by atoms with Crippen molar-refractivity contribution in [3.63, 3.8) is 0 Å². The van der Waals surface area contributed by atoms with Crippen LogP contribution < -0.4 is 0 Å². The molecular formula is C18H27NO2. The fourth-order valence-electron chi connectivity index (χ4n) is 3.43. The van der Waals surface area contributed by atoms with E-state index in [-0.39, 0.29) is 6.29 Å². The van der Waals surface area contributed by atoms with Gasteiger partial charge in [-0.2, -0.15) is 0 Å². The maximum atomic E-state index is 5.34. The minimum absolute atomic E-state index is 0.182. The molecule has 0 N–H and O–H groups in total. The summed E-state index contributed by atoms with van der Waals surface area (Å²) in [6, 6.07) is 9.20. The van der Waals surface area contributed by atoms with Crippen LogP contribution in [-0.2, 0) is 15.9 Å². The summed E-state index contributed by atoms with van der Waals surface area (Å²) >= 11 is 0. The Kier molecular flexibility index (Phi) is 5.57. The average Bonchev–Trinajstić information content (AvgIpc) is 2.50. The Bertz CT molecular complexity index is 482. The van der Waals surface area contributed by atoms with Crippen molar-refractivity contribution in [3.8, 4) is 0 Å². The third-order valence-corrected chi connectivity index (χ3v) is 4.54. The summed E-state index contributed by atoms with van der Waals surface area (Å²) in [6.07, 6.45) is 2.09. The van der Waals surface area contributed by atoms with Gasteiger partial charge in [0.15, 0.2) is 6.29 Å². The first-order valence-electron chi connectivity index (χ1n) is 7.57. The van der Waals surface area contributed by atoms with Crippen molar-refractivity contribution in [3.05, 3.63) is 47.5 Å². The quantitative estimate of drug-likeness (QED) is 0.593. The first-order chi connectivity index (χ1) is 10.1. The van der Waals surface area contributed by atoms with E-state index in [4.69, 9.17) is 9.47 Å². The van der Waals surface area contributed by atoms with Gasteiger partial charge >= 0.3 is 0 Å². The predicted octanol–water partition coefficient (Wildman–Crippen LogP) is 3.21. The second kappa shape index (κ2) is 7.21. The minimum Gasteiger partial charge on any atom is -0.355 e. The van der Waals surface area contributed by atoms with Crippen LogP contribution in [0.2, 0.25) is 0 Å². The molecule has 0 radical (unpaired) electrons. The minimum atomic E-state index is -0.182. The molecule has 116 valence electrons. The number of fused-ring (bicyclic) bond motifs is 1. The summed E-state index contributed by atoms with van der Waals surface area (Å²) in [6.45, 7) is 7.14. The van der Waals surface area contributed by atoms with Crippen LogP contribution in [0, 0.1) is 0 Å². The lowest BCUT2D eigenvalue weighted by atomic mass is 9.75. The maximum absolute atomic E-state index is 5.34. The number of hydrogen-bond donors (Lipinski definition) is 0. The molecule has 1 aliphatic rings. The second-order valence-corrected chi connectivity index (χ2v) is 5.97. The molecule has 1 aromatic carbocycles. The van der Waals surface area contributed by atoms with Crippen LogP contribution in [0.15, 0.2) is 36.4 Å². The van der Waals surface area contributed by atoms with Crippen LogP contribution in [0.3, 0.4) is 0 Å². The molecule has 21 heavy (non-hydrogen) atoms. The van der Waals surface area contributed by atoms with Crippen LogP contribution in [0.1, 0.15) is 30.4 Å². The van der Waals surface area contributed by atoms with E-state index in [2.05, 4.69) is 49.7 Å². The topological polar surface area (TPSA) is 21.7 Å². The van der Waals surface area contributed by atoms with Crippen LogP contribution >= 0.6 is 0 Å². The van der Waals surface area contributed by atoms with Gasteiger partial charge in [0.05, 0.1) is 0 Å². The van der Waals surface area contributed by atoms with E-state index in [1.807, 2.05) is 0 Å². The van der Waals surface area contributed by atoms with Gasteiger partial charge in [-0.3, -0.25) is 4.90 Å². The fraction of sp³-hybridized carbons (Fsp3) is 0.556. The zero-order valence-corrected chi connectivity index (χ0v) is 13.6. The van der Waals surface area contributed by atoms with Gasteiger partial charge in [0.2, 0.25) is 0 Å². The number of ether oxygens (including phenoxy) is 2. The summed E-state index contributed by atoms with van der Waals surface area (Å²) < 4.78 is 10.7. The molecule has 0 aliphatic heterocycles. The molecule has 3 heteroatoms. The zero-order valence-electron chi connectivity index (χ0n) is 13.6. The second-order valence-electron chi connectivity index (χ2n) is 5.97. The van der Waals surface area contributed by atoms with Crippen molar-refractivity contribution in [2.45, 2.75) is 38.0 Å². The lowest BCUT2D eigenvalue weighted by molar-refractivity contribution is -0.118. The molecule has 0 fully saturated rings. The fourth-order valence-corrected chi connectivity index (χ4v) is 3.43. The molecule has 0 unspecified atom stereocenters. The number of methoxy groups -OCH3 is 2. The third kappa shape index (κ3) is 3.54. The summed E-state index contributed by atoms with van der Waals surface area (Å²) in [5.74, 6) is 0.384. The molecule has 0 spiro atoms. The van der Waals surface area contributed by atoms with Gasteiger partial charge in [-0.25, -0.2) is 0 Å². The van der Waals surface area contributed by atoms with Gasteiger partial charge in [0.1, 0.15) is 0 Å². The smallest absolute Gasteiger partial charge is 0.169 e. The Morgan fingerprint density at radius 3 is 2.62 bits per heavy atom. The van der Waals surface area contributed by atoms with Crippen LogP contribution in [0.5, 0.6) is 0 Å². The van der Waals surface area contributed by atoms with Crippen molar-refractivity contribution in [1.82, 2.24) is 4.90 Å². The van der Waals surface area contributed by atoms with Crippen LogP contribution in [-0.4, -0.2) is 45.0 Å². The van der Waals surface area contributed by atoms with Crippen molar-refractivity contribution in [1.29, 1.82) is 0 Å². The molecule has 0 saturated heterocycles. The van der Waals surface area contributed by atoms with Crippen LogP contribution in [0.25, 0.3) is 0 Å². The monoisotopic (exact) mass is 289 g/mol. The van der Waals surface area contributed by atoms with Crippen molar-refractivity contribution in [2.24, 2.45) is 0 Å². The third-order valence-electron chi connectivity index (χ3n) is 4.54. The van der Waals surface area contributed by atoms with Crippen molar-refractivity contribution in [2.75, 3.05) is 27.8 Å². The van der Waals surface area contributed by atoms with E-state index in [0.29, 0.717) is 12.0 Å².